The van der Waals surface area contributed by atoms with E-state index in [1.54, 1.807) is 6.07 Å². The molecule has 1 aromatic carbocycles. The summed E-state index contributed by atoms with van der Waals surface area (Å²) in [5.74, 6) is -1.43. The third-order valence-corrected chi connectivity index (χ3v) is 4.00. The number of carbonyl (C=O) groups is 2. The molecule has 0 saturated heterocycles. The Morgan fingerprint density at radius 1 is 1.26 bits per heavy atom. The van der Waals surface area contributed by atoms with Crippen molar-refractivity contribution in [3.63, 3.8) is 0 Å². The lowest BCUT2D eigenvalue weighted by molar-refractivity contribution is -0.142. The van der Waals surface area contributed by atoms with Crippen molar-refractivity contribution in [2.45, 2.75) is 39.2 Å². The standard InChI is InChI=1S/C15H19NO3/c1-9-5-3-6-11(10(9)2)14(17)16-13-8-4-7-12(13)15(18)19/h3,5-6,12-13H,4,7-8H2,1-2H3,(H,16,17)(H,18,19). The number of carboxylic acids is 1. The summed E-state index contributed by atoms with van der Waals surface area (Å²) in [7, 11) is 0. The molecule has 2 N–H and O–H groups in total. The predicted octanol–water partition coefficient (Wildman–Crippen LogP) is 2.29. The molecule has 0 aromatic heterocycles. The maximum atomic E-state index is 12.2. The fourth-order valence-corrected chi connectivity index (χ4v) is 2.67. The summed E-state index contributed by atoms with van der Waals surface area (Å²) in [5.41, 5.74) is 2.65. The minimum atomic E-state index is -0.816. The van der Waals surface area contributed by atoms with E-state index in [9.17, 15) is 9.59 Å². The molecule has 1 saturated carbocycles. The Morgan fingerprint density at radius 2 is 2.00 bits per heavy atom. The number of aliphatic carboxylic acids is 1. The summed E-state index contributed by atoms with van der Waals surface area (Å²) in [6, 6.07) is 5.34. The van der Waals surface area contributed by atoms with Crippen LogP contribution in [0.5, 0.6) is 0 Å². The van der Waals surface area contributed by atoms with Crippen LogP contribution in [0.15, 0.2) is 18.2 Å². The Balaban J connectivity index is 2.13. The second-order valence-electron chi connectivity index (χ2n) is 5.20. The van der Waals surface area contributed by atoms with Gasteiger partial charge in [-0.2, -0.15) is 0 Å². The Hall–Kier alpha value is -1.84. The zero-order valence-corrected chi connectivity index (χ0v) is 11.3. The quantitative estimate of drug-likeness (QED) is 0.877. The number of nitrogens with one attached hydrogen (secondary N) is 1. The van der Waals surface area contributed by atoms with E-state index in [1.807, 2.05) is 26.0 Å². The zero-order chi connectivity index (χ0) is 14.0. The van der Waals surface area contributed by atoms with Gasteiger partial charge in [-0.15, -0.1) is 0 Å². The highest BCUT2D eigenvalue weighted by molar-refractivity contribution is 5.96. The average Bonchev–Trinajstić information content (AvgIpc) is 2.80. The number of rotatable bonds is 3. The highest BCUT2D eigenvalue weighted by Crippen LogP contribution is 2.26. The molecular formula is C15H19NO3. The van der Waals surface area contributed by atoms with E-state index in [4.69, 9.17) is 5.11 Å². The largest absolute Gasteiger partial charge is 0.481 e. The van der Waals surface area contributed by atoms with Crippen LogP contribution in [-0.4, -0.2) is 23.0 Å². The fraction of sp³-hybridized carbons (Fsp3) is 0.467. The van der Waals surface area contributed by atoms with Gasteiger partial charge in [0.05, 0.1) is 5.92 Å². The summed E-state index contributed by atoms with van der Waals surface area (Å²) in [6.07, 6.45) is 2.25. The van der Waals surface area contributed by atoms with Crippen molar-refractivity contribution in [3.05, 3.63) is 34.9 Å². The fourth-order valence-electron chi connectivity index (χ4n) is 2.67. The summed E-state index contributed by atoms with van der Waals surface area (Å²) in [6.45, 7) is 3.87. The number of carboxylic acid groups (broad SMARTS) is 1. The van der Waals surface area contributed by atoms with Crippen LogP contribution in [0.25, 0.3) is 0 Å². The molecule has 1 fully saturated rings. The van der Waals surface area contributed by atoms with E-state index in [1.165, 1.54) is 0 Å². The van der Waals surface area contributed by atoms with Crippen LogP contribution < -0.4 is 5.32 Å². The molecule has 0 aliphatic heterocycles. The SMILES string of the molecule is Cc1cccc(C(=O)NC2CCCC2C(=O)O)c1C. The van der Waals surface area contributed by atoms with Crippen molar-refractivity contribution < 1.29 is 14.7 Å². The summed E-state index contributed by atoms with van der Waals surface area (Å²) >= 11 is 0. The number of benzene rings is 1. The minimum Gasteiger partial charge on any atom is -0.481 e. The number of aryl methyl sites for hydroxylation is 1. The molecule has 0 heterocycles. The number of hydrogen-bond donors (Lipinski definition) is 2. The topological polar surface area (TPSA) is 66.4 Å². The first-order valence-corrected chi connectivity index (χ1v) is 6.60. The second kappa shape index (κ2) is 5.43. The molecule has 19 heavy (non-hydrogen) atoms. The molecule has 1 amide bonds. The molecule has 4 heteroatoms. The molecule has 1 aliphatic carbocycles. The molecule has 102 valence electrons. The van der Waals surface area contributed by atoms with E-state index >= 15 is 0 Å². The molecule has 2 rings (SSSR count). The van der Waals surface area contributed by atoms with Crippen LogP contribution in [0, 0.1) is 19.8 Å². The van der Waals surface area contributed by atoms with Gasteiger partial charge in [0.15, 0.2) is 0 Å². The van der Waals surface area contributed by atoms with Crippen molar-refractivity contribution in [3.8, 4) is 0 Å². The lowest BCUT2D eigenvalue weighted by Crippen LogP contribution is -2.40. The van der Waals surface area contributed by atoms with Crippen molar-refractivity contribution >= 4 is 11.9 Å². The van der Waals surface area contributed by atoms with E-state index in [0.29, 0.717) is 12.0 Å². The van der Waals surface area contributed by atoms with E-state index in [0.717, 1.165) is 24.0 Å². The first kappa shape index (κ1) is 13.6. The third-order valence-electron chi connectivity index (χ3n) is 4.00. The highest BCUT2D eigenvalue weighted by Gasteiger charge is 2.34. The minimum absolute atomic E-state index is 0.167. The smallest absolute Gasteiger partial charge is 0.308 e. The van der Waals surface area contributed by atoms with Crippen molar-refractivity contribution in [1.82, 2.24) is 5.32 Å². The zero-order valence-electron chi connectivity index (χ0n) is 11.3. The van der Waals surface area contributed by atoms with E-state index in [2.05, 4.69) is 5.32 Å². The molecule has 1 aliphatic rings. The summed E-state index contributed by atoms with van der Waals surface area (Å²) in [5, 5.41) is 12.0. The van der Waals surface area contributed by atoms with Crippen LogP contribution in [-0.2, 0) is 4.79 Å². The molecule has 1 aromatic rings. The number of carbonyl (C=O) groups excluding carboxylic acids is 1. The number of amides is 1. The molecule has 0 radical (unpaired) electrons. The maximum Gasteiger partial charge on any atom is 0.308 e. The van der Waals surface area contributed by atoms with E-state index < -0.39 is 11.9 Å². The van der Waals surface area contributed by atoms with Gasteiger partial charge < -0.3 is 10.4 Å². The van der Waals surface area contributed by atoms with Crippen LogP contribution in [0.4, 0.5) is 0 Å². The van der Waals surface area contributed by atoms with Gasteiger partial charge >= 0.3 is 5.97 Å². The summed E-state index contributed by atoms with van der Waals surface area (Å²) in [4.78, 5) is 23.3. The molecule has 2 atom stereocenters. The van der Waals surface area contributed by atoms with Gasteiger partial charge in [-0.3, -0.25) is 9.59 Å². The first-order chi connectivity index (χ1) is 9.00. The van der Waals surface area contributed by atoms with Gasteiger partial charge in [0.25, 0.3) is 5.91 Å². The van der Waals surface area contributed by atoms with Crippen molar-refractivity contribution in [2.24, 2.45) is 5.92 Å². The van der Waals surface area contributed by atoms with Crippen LogP contribution in [0.2, 0.25) is 0 Å². The van der Waals surface area contributed by atoms with Gasteiger partial charge in [-0.05, 0) is 43.9 Å². The third kappa shape index (κ3) is 2.78. The maximum absolute atomic E-state index is 12.2. The van der Waals surface area contributed by atoms with Gasteiger partial charge in [-0.25, -0.2) is 0 Å². The molecule has 0 bridgehead atoms. The van der Waals surface area contributed by atoms with E-state index in [-0.39, 0.29) is 11.9 Å². The molecule has 2 unspecified atom stereocenters. The Labute approximate surface area is 112 Å². The summed E-state index contributed by atoms with van der Waals surface area (Å²) < 4.78 is 0. The highest BCUT2D eigenvalue weighted by atomic mass is 16.4. The van der Waals surface area contributed by atoms with Gasteiger partial charge in [0.1, 0.15) is 0 Å². The lowest BCUT2D eigenvalue weighted by atomic mass is 10.0. The average molecular weight is 261 g/mol. The normalized spacial score (nSPS) is 22.2. The molecular weight excluding hydrogens is 242 g/mol. The van der Waals surface area contributed by atoms with Gasteiger partial charge in [0, 0.05) is 11.6 Å². The predicted molar refractivity (Wildman–Crippen MR) is 72.1 cm³/mol. The van der Waals surface area contributed by atoms with Gasteiger partial charge in [0.2, 0.25) is 0 Å². The van der Waals surface area contributed by atoms with Gasteiger partial charge in [-0.1, -0.05) is 18.6 Å². The second-order valence-corrected chi connectivity index (χ2v) is 5.20. The lowest BCUT2D eigenvalue weighted by Gasteiger charge is -2.18. The number of hydrogen-bond acceptors (Lipinski definition) is 2. The first-order valence-electron chi connectivity index (χ1n) is 6.60. The monoisotopic (exact) mass is 261 g/mol. The molecule has 0 spiro atoms. The van der Waals surface area contributed by atoms with Crippen molar-refractivity contribution in [1.29, 1.82) is 0 Å². The van der Waals surface area contributed by atoms with Crippen LogP contribution >= 0.6 is 0 Å². The molecule has 4 nitrogen and oxygen atoms in total. The Morgan fingerprint density at radius 3 is 2.68 bits per heavy atom. The van der Waals surface area contributed by atoms with Crippen molar-refractivity contribution in [2.75, 3.05) is 0 Å². The van der Waals surface area contributed by atoms with Crippen LogP contribution in [0.3, 0.4) is 0 Å². The Kier molecular flexibility index (Phi) is 3.88. The Bertz CT molecular complexity index is 510. The van der Waals surface area contributed by atoms with Crippen LogP contribution in [0.1, 0.15) is 40.7 Å².